The smallest absolute Gasteiger partial charge is 0.407 e. The molecule has 1 N–H and O–H groups in total. The van der Waals surface area contributed by atoms with Gasteiger partial charge in [0.15, 0.2) is 0 Å². The van der Waals surface area contributed by atoms with Crippen molar-refractivity contribution in [3.05, 3.63) is 0 Å². The molecule has 0 bridgehead atoms. The fourth-order valence-corrected chi connectivity index (χ4v) is 1.28. The minimum Gasteiger partial charge on any atom is -0.465 e. The summed E-state index contributed by atoms with van der Waals surface area (Å²) >= 11 is 2.25. The summed E-state index contributed by atoms with van der Waals surface area (Å²) in [5.41, 5.74) is -0.280. The number of halogens is 1. The van der Waals surface area contributed by atoms with Gasteiger partial charge in [-0.2, -0.15) is 0 Å². The number of rotatable bonds is 3. The highest BCUT2D eigenvalue weighted by molar-refractivity contribution is 14.1. The molecule has 0 aromatic carbocycles. The maximum Gasteiger partial charge on any atom is 0.407 e. The minimum atomic E-state index is -0.827. The highest BCUT2D eigenvalue weighted by Gasteiger charge is 2.24. The summed E-state index contributed by atoms with van der Waals surface area (Å²) in [6.07, 6.45) is 0.0942. The molecule has 0 radical (unpaired) electrons. The van der Waals surface area contributed by atoms with E-state index in [0.29, 0.717) is 6.54 Å². The average molecular weight is 285 g/mol. The van der Waals surface area contributed by atoms with Gasteiger partial charge in [-0.3, -0.25) is 0 Å². The Morgan fingerprint density at radius 2 is 2.00 bits per heavy atom. The van der Waals surface area contributed by atoms with E-state index < -0.39 is 6.09 Å². The van der Waals surface area contributed by atoms with Gasteiger partial charge in [-0.1, -0.05) is 22.6 Å². The quantitative estimate of drug-likeness (QED) is 0.639. The lowest BCUT2D eigenvalue weighted by Crippen LogP contribution is -2.45. The van der Waals surface area contributed by atoms with E-state index >= 15 is 0 Å². The molecule has 0 aromatic heterocycles. The Morgan fingerprint density at radius 1 is 1.50 bits per heavy atom. The van der Waals surface area contributed by atoms with Crippen LogP contribution >= 0.6 is 22.6 Å². The van der Waals surface area contributed by atoms with Crippen molar-refractivity contribution in [2.24, 2.45) is 0 Å². The van der Waals surface area contributed by atoms with E-state index in [-0.39, 0.29) is 5.54 Å². The van der Waals surface area contributed by atoms with Gasteiger partial charge < -0.3 is 10.0 Å². The molecule has 1 amide bonds. The molecule has 0 spiro atoms. The Morgan fingerprint density at radius 3 is 2.25 bits per heavy atom. The molecular formula is C8H16INO2. The Kier molecular flexibility index (Phi) is 4.89. The van der Waals surface area contributed by atoms with Crippen LogP contribution in [-0.4, -0.2) is 32.6 Å². The average Bonchev–Trinajstić information content (AvgIpc) is 1.84. The molecule has 12 heavy (non-hydrogen) atoms. The van der Waals surface area contributed by atoms with E-state index in [1.54, 1.807) is 0 Å². The van der Waals surface area contributed by atoms with Crippen LogP contribution in [0.2, 0.25) is 0 Å². The predicted molar refractivity (Wildman–Crippen MR) is 58.0 cm³/mol. The second kappa shape index (κ2) is 4.89. The van der Waals surface area contributed by atoms with Crippen molar-refractivity contribution in [2.45, 2.75) is 32.7 Å². The third kappa shape index (κ3) is 4.13. The molecule has 3 nitrogen and oxygen atoms in total. The number of amides is 1. The number of hydrogen-bond donors (Lipinski definition) is 1. The number of alkyl halides is 1. The molecule has 0 unspecified atom stereocenters. The maximum atomic E-state index is 10.8. The van der Waals surface area contributed by atoms with E-state index in [1.165, 1.54) is 4.90 Å². The van der Waals surface area contributed by atoms with Gasteiger partial charge in [-0.15, -0.1) is 0 Å². The third-order valence-corrected chi connectivity index (χ3v) is 2.32. The topological polar surface area (TPSA) is 40.5 Å². The van der Waals surface area contributed by atoms with Crippen LogP contribution in [-0.2, 0) is 0 Å². The summed E-state index contributed by atoms with van der Waals surface area (Å²) in [6.45, 7) is 6.36. The number of carboxylic acid groups (broad SMARTS) is 1. The zero-order valence-corrected chi connectivity index (χ0v) is 9.96. The Labute approximate surface area is 87.3 Å². The molecule has 0 fully saturated rings. The molecule has 72 valence electrons. The molecule has 0 aliphatic rings. The minimum absolute atomic E-state index is 0.280. The lowest BCUT2D eigenvalue weighted by Gasteiger charge is -2.32. The predicted octanol–water partition coefficient (Wildman–Crippen LogP) is 2.59. The first-order valence-corrected chi connectivity index (χ1v) is 5.48. The van der Waals surface area contributed by atoms with Crippen LogP contribution in [0.1, 0.15) is 27.2 Å². The second-order valence-corrected chi connectivity index (χ2v) is 4.73. The van der Waals surface area contributed by atoms with E-state index in [4.69, 9.17) is 5.11 Å². The van der Waals surface area contributed by atoms with Gasteiger partial charge in [0.2, 0.25) is 0 Å². The molecule has 0 aliphatic heterocycles. The number of carbonyl (C=O) groups is 1. The van der Waals surface area contributed by atoms with Crippen LogP contribution in [0.3, 0.4) is 0 Å². The Balaban J connectivity index is 4.15. The molecule has 0 rings (SSSR count). The highest BCUT2D eigenvalue weighted by atomic mass is 127. The molecule has 0 saturated carbocycles. The molecule has 0 heterocycles. The first kappa shape index (κ1) is 12.0. The normalized spacial score (nSPS) is 11.3. The van der Waals surface area contributed by atoms with Gasteiger partial charge in [0.1, 0.15) is 0 Å². The Bertz CT molecular complexity index is 154. The van der Waals surface area contributed by atoms with Crippen LogP contribution in [0.25, 0.3) is 0 Å². The van der Waals surface area contributed by atoms with Crippen LogP contribution in [0.5, 0.6) is 0 Å². The summed E-state index contributed by atoms with van der Waals surface area (Å²) in [5.74, 6) is 0. The maximum absolute atomic E-state index is 10.8. The van der Waals surface area contributed by atoms with Crippen molar-refractivity contribution >= 4 is 28.7 Å². The second-order valence-electron chi connectivity index (χ2n) is 3.65. The van der Waals surface area contributed by atoms with Crippen molar-refractivity contribution in [3.8, 4) is 0 Å². The fourth-order valence-electron chi connectivity index (χ4n) is 0.936. The molecule has 0 saturated heterocycles. The van der Waals surface area contributed by atoms with Gasteiger partial charge in [0.25, 0.3) is 0 Å². The summed E-state index contributed by atoms with van der Waals surface area (Å²) in [4.78, 5) is 12.3. The molecule has 0 aromatic rings. The monoisotopic (exact) mass is 285 g/mol. The largest absolute Gasteiger partial charge is 0.465 e. The van der Waals surface area contributed by atoms with Crippen LogP contribution in [0.4, 0.5) is 4.79 Å². The molecule has 0 aliphatic carbocycles. The zero-order chi connectivity index (χ0) is 9.78. The van der Waals surface area contributed by atoms with Crippen molar-refractivity contribution in [2.75, 3.05) is 11.0 Å². The van der Waals surface area contributed by atoms with Gasteiger partial charge in [-0.05, 0) is 27.2 Å². The molecule has 0 atom stereocenters. The summed E-state index contributed by atoms with van der Waals surface area (Å²) in [7, 11) is 0. The summed E-state index contributed by atoms with van der Waals surface area (Å²) in [6, 6.07) is 0. The highest BCUT2D eigenvalue weighted by Crippen LogP contribution is 2.13. The number of hydrogen-bond acceptors (Lipinski definition) is 1. The van der Waals surface area contributed by atoms with Crippen LogP contribution in [0.15, 0.2) is 0 Å². The van der Waals surface area contributed by atoms with Crippen LogP contribution < -0.4 is 0 Å². The summed E-state index contributed by atoms with van der Waals surface area (Å²) in [5, 5.41) is 8.86. The van der Waals surface area contributed by atoms with Crippen molar-refractivity contribution in [3.63, 3.8) is 0 Å². The van der Waals surface area contributed by atoms with Gasteiger partial charge in [-0.25, -0.2) is 4.79 Å². The SMILES string of the molecule is CC(C)(C)N(CCCI)C(=O)O. The lowest BCUT2D eigenvalue weighted by molar-refractivity contribution is 0.101. The van der Waals surface area contributed by atoms with E-state index in [0.717, 1.165) is 10.8 Å². The fraction of sp³-hybridized carbons (Fsp3) is 0.875. The van der Waals surface area contributed by atoms with Crippen LogP contribution in [0, 0.1) is 0 Å². The van der Waals surface area contributed by atoms with E-state index in [1.807, 2.05) is 20.8 Å². The Hall–Kier alpha value is 0. The first-order valence-electron chi connectivity index (χ1n) is 3.96. The molecular weight excluding hydrogens is 269 g/mol. The van der Waals surface area contributed by atoms with Gasteiger partial charge in [0, 0.05) is 16.5 Å². The number of nitrogens with zero attached hydrogens (tertiary/aromatic N) is 1. The zero-order valence-electron chi connectivity index (χ0n) is 7.80. The standard InChI is InChI=1S/C8H16INO2/c1-8(2,3)10(7(11)12)6-4-5-9/h4-6H2,1-3H3,(H,11,12). The first-order chi connectivity index (χ1) is 5.39. The van der Waals surface area contributed by atoms with Crippen molar-refractivity contribution < 1.29 is 9.90 Å². The van der Waals surface area contributed by atoms with Gasteiger partial charge >= 0.3 is 6.09 Å². The van der Waals surface area contributed by atoms with Crippen molar-refractivity contribution in [1.82, 2.24) is 4.90 Å². The lowest BCUT2D eigenvalue weighted by atomic mass is 10.1. The molecule has 4 heteroatoms. The van der Waals surface area contributed by atoms with E-state index in [9.17, 15) is 4.79 Å². The summed E-state index contributed by atoms with van der Waals surface area (Å²) < 4.78 is 0.998. The van der Waals surface area contributed by atoms with E-state index in [2.05, 4.69) is 22.6 Å². The van der Waals surface area contributed by atoms with Gasteiger partial charge in [0.05, 0.1) is 0 Å². The third-order valence-electron chi connectivity index (χ3n) is 1.56. The van der Waals surface area contributed by atoms with Crippen molar-refractivity contribution in [1.29, 1.82) is 0 Å².